The standard InChI is InChI=1S/C15H12F3NO2/c1-21-14(10-5-3-2-4-6-10)13(20)11-9-19-8-7-12(11)15(16,17)18/h2-9,14H,1H3. The highest BCUT2D eigenvalue weighted by Crippen LogP contribution is 2.33. The Labute approximate surface area is 119 Å². The zero-order valence-corrected chi connectivity index (χ0v) is 11.1. The number of ketones is 1. The first-order valence-electron chi connectivity index (χ1n) is 6.08. The third kappa shape index (κ3) is 3.28. The largest absolute Gasteiger partial charge is 0.417 e. The van der Waals surface area contributed by atoms with Crippen LogP contribution in [0.2, 0.25) is 0 Å². The van der Waals surface area contributed by atoms with Crippen molar-refractivity contribution in [1.29, 1.82) is 0 Å². The molecule has 0 spiro atoms. The predicted octanol–water partition coefficient (Wildman–Crippen LogP) is 3.67. The molecule has 0 N–H and O–H groups in total. The van der Waals surface area contributed by atoms with E-state index in [1.807, 2.05) is 0 Å². The zero-order chi connectivity index (χ0) is 15.5. The van der Waals surface area contributed by atoms with E-state index >= 15 is 0 Å². The number of pyridine rings is 1. The minimum absolute atomic E-state index is 0.488. The van der Waals surface area contributed by atoms with Gasteiger partial charge in [0.2, 0.25) is 0 Å². The summed E-state index contributed by atoms with van der Waals surface area (Å²) in [4.78, 5) is 16.0. The number of alkyl halides is 3. The maximum Gasteiger partial charge on any atom is 0.417 e. The lowest BCUT2D eigenvalue weighted by atomic mass is 9.97. The summed E-state index contributed by atoms with van der Waals surface area (Å²) < 4.78 is 43.9. The number of hydrogen-bond acceptors (Lipinski definition) is 3. The fourth-order valence-electron chi connectivity index (χ4n) is 2.00. The van der Waals surface area contributed by atoms with Crippen LogP contribution in [0.25, 0.3) is 0 Å². The summed E-state index contributed by atoms with van der Waals surface area (Å²) in [5.74, 6) is -0.774. The molecule has 1 aromatic carbocycles. The molecule has 1 aromatic heterocycles. The van der Waals surface area contributed by atoms with E-state index in [0.29, 0.717) is 5.56 Å². The monoisotopic (exact) mass is 295 g/mol. The van der Waals surface area contributed by atoms with E-state index in [1.165, 1.54) is 7.11 Å². The number of carbonyl (C=O) groups is 1. The summed E-state index contributed by atoms with van der Waals surface area (Å²) in [7, 11) is 1.28. The van der Waals surface area contributed by atoms with Gasteiger partial charge in [0.1, 0.15) is 6.10 Å². The molecule has 0 aliphatic rings. The number of Topliss-reactive ketones (excluding diaryl/α,β-unsaturated/α-hetero) is 1. The summed E-state index contributed by atoms with van der Waals surface area (Å²) in [5.41, 5.74) is -1.02. The Bertz CT molecular complexity index is 626. The Morgan fingerprint density at radius 3 is 2.43 bits per heavy atom. The molecule has 0 amide bonds. The lowest BCUT2D eigenvalue weighted by molar-refractivity contribution is -0.138. The van der Waals surface area contributed by atoms with Crippen LogP contribution in [0.5, 0.6) is 0 Å². The van der Waals surface area contributed by atoms with Gasteiger partial charge >= 0.3 is 6.18 Å². The van der Waals surface area contributed by atoms with Crippen molar-refractivity contribution in [3.8, 4) is 0 Å². The highest BCUT2D eigenvalue weighted by molar-refractivity contribution is 6.01. The van der Waals surface area contributed by atoms with E-state index in [0.717, 1.165) is 18.5 Å². The van der Waals surface area contributed by atoms with E-state index < -0.39 is 29.2 Å². The van der Waals surface area contributed by atoms with Gasteiger partial charge in [-0.15, -0.1) is 0 Å². The maximum atomic E-state index is 13.0. The number of hydrogen-bond donors (Lipinski definition) is 0. The van der Waals surface area contributed by atoms with Gasteiger partial charge in [0.05, 0.1) is 11.1 Å². The Kier molecular flexibility index (Phi) is 4.37. The molecule has 0 saturated heterocycles. The second-order valence-corrected chi connectivity index (χ2v) is 4.31. The molecule has 21 heavy (non-hydrogen) atoms. The quantitative estimate of drug-likeness (QED) is 0.808. The van der Waals surface area contributed by atoms with Crippen LogP contribution in [0.15, 0.2) is 48.8 Å². The van der Waals surface area contributed by atoms with Gasteiger partial charge in [-0.2, -0.15) is 13.2 Å². The van der Waals surface area contributed by atoms with E-state index in [4.69, 9.17) is 4.74 Å². The number of methoxy groups -OCH3 is 1. The van der Waals surface area contributed by atoms with Gasteiger partial charge in [0.25, 0.3) is 0 Å². The molecule has 0 bridgehead atoms. The molecule has 3 nitrogen and oxygen atoms in total. The molecule has 0 aliphatic carbocycles. The Hall–Kier alpha value is -2.21. The molecular weight excluding hydrogens is 283 g/mol. The Morgan fingerprint density at radius 1 is 1.19 bits per heavy atom. The van der Waals surface area contributed by atoms with Gasteiger partial charge in [-0.25, -0.2) is 0 Å². The van der Waals surface area contributed by atoms with Crippen LogP contribution in [0, 0.1) is 0 Å². The Balaban J connectivity index is 2.44. The zero-order valence-electron chi connectivity index (χ0n) is 11.1. The van der Waals surface area contributed by atoms with Crippen molar-refractivity contribution in [2.75, 3.05) is 7.11 Å². The van der Waals surface area contributed by atoms with Crippen molar-refractivity contribution in [2.24, 2.45) is 0 Å². The number of halogens is 3. The first kappa shape index (κ1) is 15.2. The number of rotatable bonds is 4. The fourth-order valence-corrected chi connectivity index (χ4v) is 2.00. The van der Waals surface area contributed by atoms with Gasteiger partial charge in [0.15, 0.2) is 5.78 Å². The summed E-state index contributed by atoms with van der Waals surface area (Å²) in [6, 6.07) is 9.13. The van der Waals surface area contributed by atoms with Crippen molar-refractivity contribution in [1.82, 2.24) is 4.98 Å². The second kappa shape index (κ2) is 6.05. The predicted molar refractivity (Wildman–Crippen MR) is 69.8 cm³/mol. The van der Waals surface area contributed by atoms with Gasteiger partial charge in [-0.3, -0.25) is 9.78 Å². The van der Waals surface area contributed by atoms with Crippen LogP contribution in [-0.2, 0) is 10.9 Å². The molecule has 1 heterocycles. The van der Waals surface area contributed by atoms with Crippen molar-refractivity contribution in [2.45, 2.75) is 12.3 Å². The summed E-state index contributed by atoms with van der Waals surface area (Å²) in [5, 5.41) is 0. The van der Waals surface area contributed by atoms with Crippen molar-refractivity contribution in [3.05, 3.63) is 65.5 Å². The SMILES string of the molecule is COC(C(=O)c1cnccc1C(F)(F)F)c1ccccc1. The fraction of sp³-hybridized carbons (Fsp3) is 0.200. The molecule has 0 aliphatic heterocycles. The molecule has 2 rings (SSSR count). The third-order valence-corrected chi connectivity index (χ3v) is 2.97. The van der Waals surface area contributed by atoms with E-state index in [-0.39, 0.29) is 0 Å². The van der Waals surface area contributed by atoms with Crippen molar-refractivity contribution in [3.63, 3.8) is 0 Å². The highest BCUT2D eigenvalue weighted by atomic mass is 19.4. The first-order valence-corrected chi connectivity index (χ1v) is 6.08. The van der Waals surface area contributed by atoms with Gasteiger partial charge in [0, 0.05) is 19.5 Å². The molecule has 0 saturated carbocycles. The summed E-state index contributed by atoms with van der Waals surface area (Å²) in [6.07, 6.45) is -3.80. The van der Waals surface area contributed by atoms with Gasteiger partial charge in [-0.1, -0.05) is 30.3 Å². The van der Waals surface area contributed by atoms with Crippen molar-refractivity contribution < 1.29 is 22.7 Å². The molecule has 0 radical (unpaired) electrons. The summed E-state index contributed by atoms with van der Waals surface area (Å²) in [6.45, 7) is 0. The number of benzene rings is 1. The van der Waals surface area contributed by atoms with Gasteiger partial charge in [-0.05, 0) is 11.6 Å². The van der Waals surface area contributed by atoms with Crippen LogP contribution < -0.4 is 0 Å². The van der Waals surface area contributed by atoms with E-state index in [2.05, 4.69) is 4.98 Å². The molecule has 6 heteroatoms. The number of nitrogens with zero attached hydrogens (tertiary/aromatic N) is 1. The van der Waals surface area contributed by atoms with Crippen molar-refractivity contribution >= 4 is 5.78 Å². The molecule has 0 fully saturated rings. The number of carbonyl (C=O) groups excluding carboxylic acids is 1. The van der Waals surface area contributed by atoms with Crippen LogP contribution in [0.1, 0.15) is 27.6 Å². The van der Waals surface area contributed by atoms with Crippen LogP contribution in [-0.4, -0.2) is 17.9 Å². The van der Waals surface area contributed by atoms with E-state index in [1.54, 1.807) is 30.3 Å². The van der Waals surface area contributed by atoms with Crippen LogP contribution in [0.4, 0.5) is 13.2 Å². The van der Waals surface area contributed by atoms with Gasteiger partial charge < -0.3 is 4.74 Å². The Morgan fingerprint density at radius 2 is 1.86 bits per heavy atom. The molecule has 2 aromatic rings. The highest BCUT2D eigenvalue weighted by Gasteiger charge is 2.37. The van der Waals surface area contributed by atoms with Crippen LogP contribution in [0.3, 0.4) is 0 Å². The third-order valence-electron chi connectivity index (χ3n) is 2.97. The minimum atomic E-state index is -4.62. The summed E-state index contributed by atoms with van der Waals surface area (Å²) >= 11 is 0. The molecule has 1 atom stereocenters. The average Bonchev–Trinajstić information content (AvgIpc) is 2.48. The lowest BCUT2D eigenvalue weighted by Crippen LogP contribution is -2.20. The lowest BCUT2D eigenvalue weighted by Gasteiger charge is -2.17. The number of ether oxygens (including phenoxy) is 1. The smallest absolute Gasteiger partial charge is 0.369 e. The minimum Gasteiger partial charge on any atom is -0.369 e. The number of aromatic nitrogens is 1. The normalized spacial score (nSPS) is 13.0. The van der Waals surface area contributed by atoms with E-state index in [9.17, 15) is 18.0 Å². The first-order chi connectivity index (χ1) is 9.95. The molecular formula is C15H12F3NO2. The average molecular weight is 295 g/mol. The molecule has 1 unspecified atom stereocenters. The topological polar surface area (TPSA) is 39.2 Å². The second-order valence-electron chi connectivity index (χ2n) is 4.31. The van der Waals surface area contributed by atoms with Crippen LogP contribution >= 0.6 is 0 Å². The molecule has 110 valence electrons. The maximum absolute atomic E-state index is 13.0.